The van der Waals surface area contributed by atoms with E-state index in [4.69, 9.17) is 11.5 Å². The van der Waals surface area contributed by atoms with E-state index in [-0.39, 0.29) is 0 Å². The van der Waals surface area contributed by atoms with Gasteiger partial charge in [0, 0.05) is 13.1 Å². The summed E-state index contributed by atoms with van der Waals surface area (Å²) < 4.78 is 0. The van der Waals surface area contributed by atoms with Gasteiger partial charge in [0.1, 0.15) is 0 Å². The Hall–Kier alpha value is -2.00. The molecule has 0 aromatic heterocycles. The van der Waals surface area contributed by atoms with E-state index in [9.17, 15) is 0 Å². The van der Waals surface area contributed by atoms with E-state index >= 15 is 0 Å². The van der Waals surface area contributed by atoms with E-state index < -0.39 is 0 Å². The summed E-state index contributed by atoms with van der Waals surface area (Å²) in [6.45, 7) is 1.64. The highest BCUT2D eigenvalue weighted by Gasteiger charge is 1.97. The number of nitrogens with two attached hydrogens (primary N) is 2. The summed E-state index contributed by atoms with van der Waals surface area (Å²) in [5.41, 5.74) is 15.1. The van der Waals surface area contributed by atoms with Crippen molar-refractivity contribution in [2.45, 2.75) is 13.1 Å². The van der Waals surface area contributed by atoms with Gasteiger partial charge in [-0.05, 0) is 23.3 Å². The Balaban J connectivity index is 1.88. The fraction of sp³-hybridized carbons (Fsp3) is 0.143. The van der Waals surface area contributed by atoms with Crippen LogP contribution in [0.4, 0.5) is 11.4 Å². The second-order valence-corrected chi connectivity index (χ2v) is 4.05. The van der Waals surface area contributed by atoms with Crippen LogP contribution in [-0.4, -0.2) is 0 Å². The zero-order chi connectivity index (χ0) is 12.1. The highest BCUT2D eigenvalue weighted by atomic mass is 14.8. The Labute approximate surface area is 101 Å². The highest BCUT2D eigenvalue weighted by molar-refractivity contribution is 5.63. The highest BCUT2D eigenvalue weighted by Crippen LogP contribution is 2.15. The van der Waals surface area contributed by atoms with Crippen LogP contribution in [0.5, 0.6) is 0 Å². The number of anilines is 2. The minimum absolute atomic E-state index is 0.636. The number of hydrogen-bond donors (Lipinski definition) is 3. The molecule has 0 aliphatic rings. The third-order valence-electron chi connectivity index (χ3n) is 2.65. The molecule has 0 saturated carbocycles. The Morgan fingerprint density at radius 1 is 0.765 bits per heavy atom. The molecule has 17 heavy (non-hydrogen) atoms. The van der Waals surface area contributed by atoms with E-state index in [2.05, 4.69) is 17.4 Å². The van der Waals surface area contributed by atoms with Gasteiger partial charge in [-0.25, -0.2) is 0 Å². The van der Waals surface area contributed by atoms with Gasteiger partial charge in [0.15, 0.2) is 0 Å². The topological polar surface area (TPSA) is 64.1 Å². The molecule has 2 aromatic rings. The van der Waals surface area contributed by atoms with Crippen LogP contribution in [0.2, 0.25) is 0 Å². The van der Waals surface area contributed by atoms with Crippen molar-refractivity contribution in [3.05, 3.63) is 59.7 Å². The van der Waals surface area contributed by atoms with Crippen molar-refractivity contribution in [2.75, 3.05) is 11.5 Å². The Morgan fingerprint density at radius 2 is 1.47 bits per heavy atom. The SMILES string of the molecule is Nc1ccc(CNCc2ccccc2)cc1N. The zero-order valence-electron chi connectivity index (χ0n) is 9.69. The van der Waals surface area contributed by atoms with Gasteiger partial charge in [-0.3, -0.25) is 0 Å². The molecule has 2 rings (SSSR count). The predicted molar refractivity (Wildman–Crippen MR) is 72.3 cm³/mol. The standard InChI is InChI=1S/C14H17N3/c15-13-7-6-12(8-14(13)16)10-17-9-11-4-2-1-3-5-11/h1-8,17H,9-10,15-16H2. The second-order valence-electron chi connectivity index (χ2n) is 4.05. The van der Waals surface area contributed by atoms with Crippen LogP contribution in [0.3, 0.4) is 0 Å². The molecule has 0 radical (unpaired) electrons. The average molecular weight is 227 g/mol. The minimum atomic E-state index is 0.636. The van der Waals surface area contributed by atoms with Gasteiger partial charge in [0.25, 0.3) is 0 Å². The molecule has 3 nitrogen and oxygen atoms in total. The molecule has 5 N–H and O–H groups in total. The molecule has 0 saturated heterocycles. The molecule has 0 fully saturated rings. The average Bonchev–Trinajstić information content (AvgIpc) is 2.35. The van der Waals surface area contributed by atoms with Gasteiger partial charge < -0.3 is 16.8 Å². The number of hydrogen-bond acceptors (Lipinski definition) is 3. The van der Waals surface area contributed by atoms with Crippen molar-refractivity contribution >= 4 is 11.4 Å². The molecule has 0 bridgehead atoms. The van der Waals surface area contributed by atoms with E-state index in [0.717, 1.165) is 18.7 Å². The summed E-state index contributed by atoms with van der Waals surface area (Å²) in [7, 11) is 0. The third kappa shape index (κ3) is 3.23. The first-order chi connectivity index (χ1) is 8.25. The van der Waals surface area contributed by atoms with Gasteiger partial charge in [-0.15, -0.1) is 0 Å². The van der Waals surface area contributed by atoms with Gasteiger partial charge in [-0.1, -0.05) is 36.4 Å². The maximum atomic E-state index is 5.75. The maximum Gasteiger partial charge on any atom is 0.0551 e. The van der Waals surface area contributed by atoms with Crippen LogP contribution in [0.1, 0.15) is 11.1 Å². The lowest BCUT2D eigenvalue weighted by molar-refractivity contribution is 0.694. The number of benzene rings is 2. The summed E-state index contributed by atoms with van der Waals surface area (Å²) in [5.74, 6) is 0. The van der Waals surface area contributed by atoms with Gasteiger partial charge >= 0.3 is 0 Å². The quantitative estimate of drug-likeness (QED) is 0.701. The van der Waals surface area contributed by atoms with E-state index in [1.165, 1.54) is 5.56 Å². The van der Waals surface area contributed by atoms with Crippen LogP contribution in [0.25, 0.3) is 0 Å². The first-order valence-electron chi connectivity index (χ1n) is 5.64. The zero-order valence-corrected chi connectivity index (χ0v) is 9.69. The predicted octanol–water partition coefficient (Wildman–Crippen LogP) is 2.14. The largest absolute Gasteiger partial charge is 0.397 e. The first kappa shape index (κ1) is 11.5. The van der Waals surface area contributed by atoms with Gasteiger partial charge in [-0.2, -0.15) is 0 Å². The van der Waals surface area contributed by atoms with E-state index in [1.54, 1.807) is 0 Å². The molecule has 0 spiro atoms. The molecule has 0 unspecified atom stereocenters. The second kappa shape index (κ2) is 5.37. The Kier molecular flexibility index (Phi) is 3.62. The molecule has 0 atom stereocenters. The first-order valence-corrected chi connectivity index (χ1v) is 5.64. The minimum Gasteiger partial charge on any atom is -0.397 e. The molecule has 88 valence electrons. The Morgan fingerprint density at radius 3 is 2.18 bits per heavy atom. The van der Waals surface area contributed by atoms with Crippen molar-refractivity contribution in [1.82, 2.24) is 5.32 Å². The van der Waals surface area contributed by atoms with Gasteiger partial charge in [0.05, 0.1) is 11.4 Å². The summed E-state index contributed by atoms with van der Waals surface area (Å²) in [6, 6.07) is 16.0. The molecule has 0 aliphatic carbocycles. The normalized spacial score (nSPS) is 10.4. The lowest BCUT2D eigenvalue weighted by Gasteiger charge is -2.07. The molecule has 0 amide bonds. The maximum absolute atomic E-state index is 5.75. The van der Waals surface area contributed by atoms with E-state index in [0.29, 0.717) is 11.4 Å². The van der Waals surface area contributed by atoms with Crippen molar-refractivity contribution in [1.29, 1.82) is 0 Å². The molecular formula is C14H17N3. The van der Waals surface area contributed by atoms with Crippen LogP contribution < -0.4 is 16.8 Å². The molecule has 0 aliphatic heterocycles. The smallest absolute Gasteiger partial charge is 0.0551 e. The number of nitrogens with one attached hydrogen (secondary N) is 1. The van der Waals surface area contributed by atoms with Crippen LogP contribution in [0, 0.1) is 0 Å². The van der Waals surface area contributed by atoms with Gasteiger partial charge in [0.2, 0.25) is 0 Å². The van der Waals surface area contributed by atoms with Crippen LogP contribution in [-0.2, 0) is 13.1 Å². The van der Waals surface area contributed by atoms with Crippen molar-refractivity contribution in [3.8, 4) is 0 Å². The lowest BCUT2D eigenvalue weighted by Crippen LogP contribution is -2.12. The molecule has 3 heteroatoms. The number of nitrogen functional groups attached to an aromatic ring is 2. The monoisotopic (exact) mass is 227 g/mol. The summed E-state index contributed by atoms with van der Waals surface area (Å²) >= 11 is 0. The fourth-order valence-corrected chi connectivity index (χ4v) is 1.68. The Bertz CT molecular complexity index is 480. The molecule has 2 aromatic carbocycles. The lowest BCUT2D eigenvalue weighted by atomic mass is 10.1. The number of rotatable bonds is 4. The van der Waals surface area contributed by atoms with E-state index in [1.807, 2.05) is 36.4 Å². The summed E-state index contributed by atoms with van der Waals surface area (Å²) in [5, 5.41) is 3.37. The fourth-order valence-electron chi connectivity index (χ4n) is 1.68. The summed E-state index contributed by atoms with van der Waals surface area (Å²) in [4.78, 5) is 0. The van der Waals surface area contributed by atoms with Crippen LogP contribution >= 0.6 is 0 Å². The van der Waals surface area contributed by atoms with Crippen molar-refractivity contribution in [3.63, 3.8) is 0 Å². The third-order valence-corrected chi connectivity index (χ3v) is 2.65. The molecular weight excluding hydrogens is 210 g/mol. The van der Waals surface area contributed by atoms with Crippen molar-refractivity contribution < 1.29 is 0 Å². The van der Waals surface area contributed by atoms with Crippen molar-refractivity contribution in [2.24, 2.45) is 0 Å². The molecule has 0 heterocycles. The van der Waals surface area contributed by atoms with Crippen LogP contribution in [0.15, 0.2) is 48.5 Å². The summed E-state index contributed by atoms with van der Waals surface area (Å²) in [6.07, 6.45) is 0.